The van der Waals surface area contributed by atoms with Crippen LogP contribution in [0.3, 0.4) is 0 Å². The van der Waals surface area contributed by atoms with Crippen LogP contribution in [-0.2, 0) is 11.3 Å². The zero-order chi connectivity index (χ0) is 20.3. The van der Waals surface area contributed by atoms with Gasteiger partial charge >= 0.3 is 0 Å². The Bertz CT molecular complexity index is 1070. The van der Waals surface area contributed by atoms with Crippen LogP contribution in [0.25, 0.3) is 11.3 Å². The normalized spacial score (nSPS) is 11.9. The molecule has 0 spiro atoms. The van der Waals surface area contributed by atoms with E-state index in [4.69, 9.17) is 23.2 Å². The summed E-state index contributed by atoms with van der Waals surface area (Å²) >= 11 is 11.8. The Hall–Kier alpha value is -2.70. The van der Waals surface area contributed by atoms with Gasteiger partial charge in [0.2, 0.25) is 5.91 Å². The van der Waals surface area contributed by atoms with Crippen molar-refractivity contribution in [3.8, 4) is 11.3 Å². The van der Waals surface area contributed by atoms with E-state index in [-0.39, 0.29) is 16.6 Å². The second kappa shape index (κ2) is 8.54. The average Bonchev–Trinajstić information content (AvgIpc) is 2.67. The largest absolute Gasteiger partial charge is 0.348 e. The first kappa shape index (κ1) is 20.0. The molecule has 1 unspecified atom stereocenters. The number of hydrogen-bond acceptors (Lipinski definition) is 3. The van der Waals surface area contributed by atoms with E-state index >= 15 is 0 Å². The van der Waals surface area contributed by atoms with E-state index in [1.54, 1.807) is 13.0 Å². The van der Waals surface area contributed by atoms with E-state index in [0.29, 0.717) is 11.3 Å². The van der Waals surface area contributed by atoms with Gasteiger partial charge in [0, 0.05) is 16.7 Å². The molecule has 1 N–H and O–H groups in total. The molecule has 3 aromatic rings. The summed E-state index contributed by atoms with van der Waals surface area (Å²) in [4.78, 5) is 24.5. The van der Waals surface area contributed by atoms with Gasteiger partial charge in [0.1, 0.15) is 12.4 Å². The van der Waals surface area contributed by atoms with Crippen molar-refractivity contribution in [2.24, 2.45) is 0 Å². The van der Waals surface area contributed by atoms with Gasteiger partial charge < -0.3 is 5.32 Å². The second-order valence-corrected chi connectivity index (χ2v) is 6.97. The minimum Gasteiger partial charge on any atom is -0.348 e. The van der Waals surface area contributed by atoms with Gasteiger partial charge in [-0.25, -0.2) is 9.07 Å². The summed E-state index contributed by atoms with van der Waals surface area (Å²) in [7, 11) is 0. The SMILES string of the molecule is CC(NC(=O)Cn1nc(-c2ccccc2)ccc1=O)c1cc(F)c(Cl)cc1Cl. The fourth-order valence-electron chi connectivity index (χ4n) is 2.70. The molecule has 0 fully saturated rings. The molecule has 0 aliphatic carbocycles. The minimum atomic E-state index is -0.629. The summed E-state index contributed by atoms with van der Waals surface area (Å²) in [6, 6.07) is 14.1. The van der Waals surface area contributed by atoms with Crippen LogP contribution in [0.1, 0.15) is 18.5 Å². The predicted molar refractivity (Wildman–Crippen MR) is 107 cm³/mol. The lowest BCUT2D eigenvalue weighted by molar-refractivity contribution is -0.122. The van der Waals surface area contributed by atoms with E-state index in [1.165, 1.54) is 18.2 Å². The number of nitrogens with zero attached hydrogens (tertiary/aromatic N) is 2. The molecule has 1 atom stereocenters. The van der Waals surface area contributed by atoms with E-state index in [0.717, 1.165) is 10.2 Å². The zero-order valence-corrected chi connectivity index (χ0v) is 16.3. The van der Waals surface area contributed by atoms with Crippen molar-refractivity contribution >= 4 is 29.1 Å². The Labute approximate surface area is 170 Å². The number of halogens is 3. The standard InChI is InChI=1S/C20H16Cl2FN3O2/c1-12(14-9-17(23)16(22)10-15(14)21)24-19(27)11-26-20(28)8-7-18(25-26)13-5-3-2-4-6-13/h2-10,12H,11H2,1H3,(H,24,27). The number of benzene rings is 2. The smallest absolute Gasteiger partial charge is 0.267 e. The molecule has 8 heteroatoms. The topological polar surface area (TPSA) is 64.0 Å². The Morgan fingerprint density at radius 3 is 2.57 bits per heavy atom. The molecule has 5 nitrogen and oxygen atoms in total. The molecule has 0 aliphatic heterocycles. The van der Waals surface area contributed by atoms with Crippen molar-refractivity contribution in [2.75, 3.05) is 0 Å². The minimum absolute atomic E-state index is 0.0965. The molecule has 2 aromatic carbocycles. The molecule has 144 valence electrons. The number of rotatable bonds is 5. The zero-order valence-electron chi connectivity index (χ0n) is 14.8. The molecule has 1 amide bonds. The molecule has 0 bridgehead atoms. The molecular weight excluding hydrogens is 404 g/mol. The molecular formula is C20H16Cl2FN3O2. The lowest BCUT2D eigenvalue weighted by Crippen LogP contribution is -2.35. The average molecular weight is 420 g/mol. The molecule has 3 rings (SSSR count). The van der Waals surface area contributed by atoms with Crippen LogP contribution < -0.4 is 10.9 Å². The first-order chi connectivity index (χ1) is 13.3. The van der Waals surface area contributed by atoms with Gasteiger partial charge in [0.25, 0.3) is 5.56 Å². The summed E-state index contributed by atoms with van der Waals surface area (Å²) < 4.78 is 14.8. The Morgan fingerprint density at radius 2 is 1.86 bits per heavy atom. The van der Waals surface area contributed by atoms with Gasteiger partial charge in [-0.2, -0.15) is 5.10 Å². The number of aromatic nitrogens is 2. The van der Waals surface area contributed by atoms with Crippen LogP contribution in [0, 0.1) is 5.82 Å². The van der Waals surface area contributed by atoms with Gasteiger partial charge in [0.05, 0.1) is 16.8 Å². The maximum Gasteiger partial charge on any atom is 0.267 e. The van der Waals surface area contributed by atoms with Crippen molar-refractivity contribution in [1.82, 2.24) is 15.1 Å². The van der Waals surface area contributed by atoms with Gasteiger partial charge in [-0.1, -0.05) is 53.5 Å². The lowest BCUT2D eigenvalue weighted by atomic mass is 10.1. The van der Waals surface area contributed by atoms with Crippen LogP contribution >= 0.6 is 23.2 Å². The fraction of sp³-hybridized carbons (Fsp3) is 0.150. The third-order valence-corrected chi connectivity index (χ3v) is 4.73. The highest BCUT2D eigenvalue weighted by Gasteiger charge is 2.16. The maximum absolute atomic E-state index is 13.7. The highest BCUT2D eigenvalue weighted by Crippen LogP contribution is 2.28. The van der Waals surface area contributed by atoms with Crippen LogP contribution in [0.4, 0.5) is 4.39 Å². The van der Waals surface area contributed by atoms with E-state index in [9.17, 15) is 14.0 Å². The van der Waals surface area contributed by atoms with E-state index in [2.05, 4.69) is 10.4 Å². The quantitative estimate of drug-likeness (QED) is 0.629. The van der Waals surface area contributed by atoms with Gasteiger partial charge in [-0.3, -0.25) is 9.59 Å². The number of carbonyl (C=O) groups is 1. The number of carbonyl (C=O) groups excluding carboxylic acids is 1. The second-order valence-electron chi connectivity index (χ2n) is 6.16. The van der Waals surface area contributed by atoms with Crippen molar-refractivity contribution in [3.05, 3.63) is 86.4 Å². The van der Waals surface area contributed by atoms with E-state index < -0.39 is 23.3 Å². The molecule has 0 aliphatic rings. The highest BCUT2D eigenvalue weighted by atomic mass is 35.5. The molecule has 1 aromatic heterocycles. The van der Waals surface area contributed by atoms with Crippen LogP contribution in [0.2, 0.25) is 10.0 Å². The van der Waals surface area contributed by atoms with Crippen LogP contribution in [0.15, 0.2) is 59.4 Å². The summed E-state index contributed by atoms with van der Waals surface area (Å²) in [6.45, 7) is 1.38. The number of amides is 1. The Balaban J connectivity index is 1.76. The van der Waals surface area contributed by atoms with Crippen LogP contribution in [0.5, 0.6) is 0 Å². The molecule has 0 radical (unpaired) electrons. The van der Waals surface area contributed by atoms with Gasteiger partial charge in [-0.05, 0) is 30.7 Å². The predicted octanol–water partition coefficient (Wildman–Crippen LogP) is 4.23. The third-order valence-electron chi connectivity index (χ3n) is 4.11. The number of hydrogen-bond donors (Lipinski definition) is 1. The monoisotopic (exact) mass is 419 g/mol. The maximum atomic E-state index is 13.7. The van der Waals surface area contributed by atoms with Crippen molar-refractivity contribution < 1.29 is 9.18 Å². The third kappa shape index (κ3) is 4.58. The Morgan fingerprint density at radius 1 is 1.14 bits per heavy atom. The van der Waals surface area contributed by atoms with E-state index in [1.807, 2.05) is 30.3 Å². The molecule has 0 saturated heterocycles. The number of nitrogens with one attached hydrogen (secondary N) is 1. The first-order valence-corrected chi connectivity index (χ1v) is 9.18. The summed E-state index contributed by atoms with van der Waals surface area (Å²) in [5, 5.41) is 7.07. The lowest BCUT2D eigenvalue weighted by Gasteiger charge is -2.16. The molecule has 0 saturated carbocycles. The van der Waals surface area contributed by atoms with Gasteiger partial charge in [0.15, 0.2) is 0 Å². The first-order valence-electron chi connectivity index (χ1n) is 8.42. The highest BCUT2D eigenvalue weighted by molar-refractivity contribution is 6.35. The van der Waals surface area contributed by atoms with Crippen molar-refractivity contribution in [2.45, 2.75) is 19.5 Å². The fourth-order valence-corrected chi connectivity index (χ4v) is 3.24. The van der Waals surface area contributed by atoms with Crippen molar-refractivity contribution in [3.63, 3.8) is 0 Å². The summed E-state index contributed by atoms with van der Waals surface area (Å²) in [5.41, 5.74) is 1.38. The molecule has 28 heavy (non-hydrogen) atoms. The van der Waals surface area contributed by atoms with Crippen molar-refractivity contribution in [1.29, 1.82) is 0 Å². The summed E-state index contributed by atoms with van der Waals surface area (Å²) in [6.07, 6.45) is 0. The van der Waals surface area contributed by atoms with Crippen LogP contribution in [-0.4, -0.2) is 15.7 Å². The summed E-state index contributed by atoms with van der Waals surface area (Å²) in [5.74, 6) is -1.09. The molecule has 1 heterocycles. The Kier molecular flexibility index (Phi) is 6.11. The van der Waals surface area contributed by atoms with Gasteiger partial charge in [-0.15, -0.1) is 0 Å².